The molecule has 4 amide bonds. The Balaban J connectivity index is 1.35. The summed E-state index contributed by atoms with van der Waals surface area (Å²) in [5, 5.41) is 10.7. The number of benzene rings is 5. The van der Waals surface area contributed by atoms with Crippen molar-refractivity contribution in [3.05, 3.63) is 160 Å². The number of carbonyl (C=O) groups excluding carboxylic acids is 4. The highest BCUT2D eigenvalue weighted by molar-refractivity contribution is 9.10. The maximum absolute atomic E-state index is 13.6. The Morgan fingerprint density at radius 2 is 1.29 bits per heavy atom. The highest BCUT2D eigenvalue weighted by Crippen LogP contribution is 2.37. The van der Waals surface area contributed by atoms with Gasteiger partial charge in [0.05, 0.1) is 0 Å². The number of halogens is 1. The summed E-state index contributed by atoms with van der Waals surface area (Å²) in [6.07, 6.45) is 1.61. The van der Waals surface area contributed by atoms with E-state index in [4.69, 9.17) is 0 Å². The molecule has 8 nitrogen and oxygen atoms in total. The topological polar surface area (TPSA) is 116 Å². The lowest BCUT2D eigenvalue weighted by Crippen LogP contribution is -2.30. The highest BCUT2D eigenvalue weighted by Gasteiger charge is 2.23. The summed E-state index contributed by atoms with van der Waals surface area (Å²) in [6, 6.07) is 39.5. The molecule has 48 heavy (non-hydrogen) atoms. The molecule has 240 valence electrons. The summed E-state index contributed by atoms with van der Waals surface area (Å²) in [6.45, 7) is 1.43. The summed E-state index contributed by atoms with van der Waals surface area (Å²) in [5.74, 6) is -1.35. The first-order chi connectivity index (χ1) is 23.2. The first kappa shape index (κ1) is 33.9. The van der Waals surface area contributed by atoms with Crippen molar-refractivity contribution in [1.29, 1.82) is 0 Å². The van der Waals surface area contributed by atoms with Crippen molar-refractivity contribution in [2.45, 2.75) is 17.1 Å². The smallest absolute Gasteiger partial charge is 0.272 e. The second-order valence-electron chi connectivity index (χ2n) is 10.6. The summed E-state index contributed by atoms with van der Waals surface area (Å²) in [4.78, 5) is 52.4. The molecule has 0 saturated carbocycles. The van der Waals surface area contributed by atoms with E-state index in [1.54, 1.807) is 72.8 Å². The van der Waals surface area contributed by atoms with Crippen molar-refractivity contribution in [3.63, 3.8) is 0 Å². The molecule has 5 aromatic rings. The molecule has 0 fully saturated rings. The van der Waals surface area contributed by atoms with Gasteiger partial charge in [0.2, 0.25) is 11.8 Å². The van der Waals surface area contributed by atoms with Gasteiger partial charge in [0.25, 0.3) is 11.8 Å². The molecule has 1 unspecified atom stereocenters. The molecule has 0 spiro atoms. The predicted octanol–water partition coefficient (Wildman–Crippen LogP) is 8.29. The van der Waals surface area contributed by atoms with Crippen LogP contribution in [0.4, 0.5) is 17.1 Å². The molecule has 0 radical (unpaired) electrons. The van der Waals surface area contributed by atoms with Crippen molar-refractivity contribution >= 4 is 74.5 Å². The maximum atomic E-state index is 13.6. The van der Waals surface area contributed by atoms with Gasteiger partial charge >= 0.3 is 0 Å². The van der Waals surface area contributed by atoms with Crippen LogP contribution in [-0.2, 0) is 14.4 Å². The van der Waals surface area contributed by atoms with Crippen LogP contribution in [0.15, 0.2) is 149 Å². The SMILES string of the molecule is CC(=O)Nc1ccc(NC(=O)C(Sc2cccc(NC(=O)/C(=C/c3ccc(Br)cc3)NC(=O)c3ccccc3)c2)c2ccccc2)cc1. The van der Waals surface area contributed by atoms with Gasteiger partial charge in [-0.25, -0.2) is 0 Å². The van der Waals surface area contributed by atoms with Crippen LogP contribution < -0.4 is 21.3 Å². The number of rotatable bonds is 11. The average molecular weight is 720 g/mol. The molecular formula is C38H31BrN4O4S. The van der Waals surface area contributed by atoms with E-state index in [-0.39, 0.29) is 17.5 Å². The van der Waals surface area contributed by atoms with Crippen molar-refractivity contribution in [2.24, 2.45) is 0 Å². The Morgan fingerprint density at radius 3 is 1.94 bits per heavy atom. The van der Waals surface area contributed by atoms with Crippen LogP contribution in [0, 0.1) is 0 Å². The Labute approximate surface area is 291 Å². The molecule has 4 N–H and O–H groups in total. The number of amides is 4. The van der Waals surface area contributed by atoms with Gasteiger partial charge in [-0.3, -0.25) is 19.2 Å². The molecule has 0 aliphatic carbocycles. The van der Waals surface area contributed by atoms with Gasteiger partial charge in [0.1, 0.15) is 10.9 Å². The number of hydrogen-bond donors (Lipinski definition) is 4. The second-order valence-corrected chi connectivity index (χ2v) is 12.7. The van der Waals surface area contributed by atoms with Crippen molar-refractivity contribution in [2.75, 3.05) is 16.0 Å². The fourth-order valence-corrected chi connectivity index (χ4v) is 5.95. The van der Waals surface area contributed by atoms with Crippen LogP contribution in [0.1, 0.15) is 33.7 Å². The zero-order valence-corrected chi connectivity index (χ0v) is 28.2. The normalized spacial score (nSPS) is 11.6. The Kier molecular flexibility index (Phi) is 11.6. The van der Waals surface area contributed by atoms with E-state index in [0.717, 1.165) is 20.5 Å². The molecule has 1 atom stereocenters. The van der Waals surface area contributed by atoms with Crippen molar-refractivity contribution in [1.82, 2.24) is 5.32 Å². The molecule has 0 aliphatic heterocycles. The van der Waals surface area contributed by atoms with Crippen molar-refractivity contribution in [3.8, 4) is 0 Å². The van der Waals surface area contributed by atoms with Gasteiger partial charge in [0, 0.05) is 38.9 Å². The van der Waals surface area contributed by atoms with Crippen LogP contribution in [0.3, 0.4) is 0 Å². The molecule has 0 saturated heterocycles. The molecule has 0 heterocycles. The molecule has 0 aliphatic rings. The molecule has 10 heteroatoms. The van der Waals surface area contributed by atoms with Crippen LogP contribution in [0.5, 0.6) is 0 Å². The van der Waals surface area contributed by atoms with Crippen LogP contribution in [0.2, 0.25) is 0 Å². The average Bonchev–Trinajstić information content (AvgIpc) is 3.09. The molecule has 5 aromatic carbocycles. The molecular weight excluding hydrogens is 688 g/mol. The second kappa shape index (κ2) is 16.4. The van der Waals surface area contributed by atoms with E-state index in [1.807, 2.05) is 66.7 Å². The molecule has 5 rings (SSSR count). The number of carbonyl (C=O) groups is 4. The quantitative estimate of drug-likeness (QED) is 0.0810. The van der Waals surface area contributed by atoms with E-state index < -0.39 is 17.1 Å². The third-order valence-electron chi connectivity index (χ3n) is 6.87. The van der Waals surface area contributed by atoms with Crippen molar-refractivity contribution < 1.29 is 19.2 Å². The number of nitrogens with one attached hydrogen (secondary N) is 4. The zero-order chi connectivity index (χ0) is 33.9. The van der Waals surface area contributed by atoms with Gasteiger partial charge in [-0.2, -0.15) is 0 Å². The van der Waals surface area contributed by atoms with Gasteiger partial charge in [-0.15, -0.1) is 11.8 Å². The van der Waals surface area contributed by atoms with Crippen LogP contribution in [-0.4, -0.2) is 23.6 Å². The van der Waals surface area contributed by atoms with Crippen LogP contribution >= 0.6 is 27.7 Å². The summed E-state index contributed by atoms with van der Waals surface area (Å²) in [5.41, 5.74) is 3.70. The number of hydrogen-bond acceptors (Lipinski definition) is 5. The van der Waals surface area contributed by atoms with Gasteiger partial charge in [0.15, 0.2) is 0 Å². The third kappa shape index (κ3) is 9.78. The number of anilines is 3. The Hall–Kier alpha value is -5.45. The largest absolute Gasteiger partial charge is 0.326 e. The lowest BCUT2D eigenvalue weighted by Gasteiger charge is -2.18. The summed E-state index contributed by atoms with van der Waals surface area (Å²) in [7, 11) is 0. The Bertz CT molecular complexity index is 1930. The van der Waals surface area contributed by atoms with E-state index in [2.05, 4.69) is 37.2 Å². The van der Waals surface area contributed by atoms with Gasteiger partial charge < -0.3 is 21.3 Å². The summed E-state index contributed by atoms with van der Waals surface area (Å²) < 4.78 is 0.885. The van der Waals surface area contributed by atoms with Gasteiger partial charge in [-0.05, 0) is 83.9 Å². The fourth-order valence-electron chi connectivity index (χ4n) is 4.60. The summed E-state index contributed by atoms with van der Waals surface area (Å²) >= 11 is 4.75. The fraction of sp³-hybridized carbons (Fsp3) is 0.0526. The number of thioether (sulfide) groups is 1. The minimum atomic E-state index is -0.620. The zero-order valence-electron chi connectivity index (χ0n) is 25.8. The lowest BCUT2D eigenvalue weighted by atomic mass is 10.1. The van der Waals surface area contributed by atoms with E-state index in [0.29, 0.717) is 22.6 Å². The van der Waals surface area contributed by atoms with Gasteiger partial charge in [-0.1, -0.05) is 82.7 Å². The van der Waals surface area contributed by atoms with E-state index in [9.17, 15) is 19.2 Å². The van der Waals surface area contributed by atoms with E-state index in [1.165, 1.54) is 18.7 Å². The first-order valence-electron chi connectivity index (χ1n) is 14.9. The monoisotopic (exact) mass is 718 g/mol. The highest BCUT2D eigenvalue weighted by atomic mass is 79.9. The first-order valence-corrected chi connectivity index (χ1v) is 16.6. The molecule has 0 aromatic heterocycles. The predicted molar refractivity (Wildman–Crippen MR) is 196 cm³/mol. The van der Waals surface area contributed by atoms with E-state index >= 15 is 0 Å². The lowest BCUT2D eigenvalue weighted by molar-refractivity contribution is -0.116. The van der Waals surface area contributed by atoms with Crippen LogP contribution in [0.25, 0.3) is 6.08 Å². The Morgan fingerprint density at radius 1 is 0.667 bits per heavy atom. The third-order valence-corrected chi connectivity index (χ3v) is 8.65. The standard InChI is InChI=1S/C38H31BrN4O4S/c1-25(44)40-30-19-21-31(22-20-30)41-38(47)35(27-9-4-2-5-10-27)48-33-14-8-13-32(24-33)42-37(46)34(23-26-15-17-29(39)18-16-26)43-36(45)28-11-6-3-7-12-28/h2-24,35H,1H3,(H,40,44)(H,41,47)(H,42,46)(H,43,45)/b34-23-. The maximum Gasteiger partial charge on any atom is 0.272 e. The molecule has 0 bridgehead atoms. The minimum Gasteiger partial charge on any atom is -0.326 e. The minimum absolute atomic E-state index is 0.0651.